The number of carbonyl (C=O) groups is 1. The molecule has 4 nitrogen and oxygen atoms in total. The SMILES string of the molecule is C#CCN(CC)C(=O)Nc1ccc(-c2nc3ccc(F)cc3s2)cc1. The molecule has 0 atom stereocenters. The molecule has 3 aromatic rings. The molecule has 1 heterocycles. The molecular formula is C19H16FN3OS. The molecule has 0 radical (unpaired) electrons. The van der Waals surface area contributed by atoms with E-state index in [9.17, 15) is 9.18 Å². The van der Waals surface area contributed by atoms with Gasteiger partial charge in [0, 0.05) is 17.8 Å². The fraction of sp³-hybridized carbons (Fsp3) is 0.158. The largest absolute Gasteiger partial charge is 0.322 e. The van der Waals surface area contributed by atoms with Crippen LogP contribution in [0.1, 0.15) is 6.92 Å². The lowest BCUT2D eigenvalue weighted by Crippen LogP contribution is -2.34. The summed E-state index contributed by atoms with van der Waals surface area (Å²) < 4.78 is 14.1. The Hall–Kier alpha value is -2.91. The maximum Gasteiger partial charge on any atom is 0.322 e. The zero-order valence-electron chi connectivity index (χ0n) is 13.6. The quantitative estimate of drug-likeness (QED) is 0.697. The first-order valence-corrected chi connectivity index (χ1v) is 8.58. The van der Waals surface area contributed by atoms with Gasteiger partial charge in [0.2, 0.25) is 0 Å². The van der Waals surface area contributed by atoms with E-state index in [1.165, 1.54) is 28.4 Å². The molecule has 1 aromatic heterocycles. The van der Waals surface area contributed by atoms with Crippen molar-refractivity contribution in [3.8, 4) is 22.9 Å². The van der Waals surface area contributed by atoms with Crippen molar-refractivity contribution < 1.29 is 9.18 Å². The molecule has 0 aliphatic rings. The number of hydrogen-bond donors (Lipinski definition) is 1. The second kappa shape index (κ2) is 7.32. The van der Waals surface area contributed by atoms with E-state index in [0.717, 1.165) is 20.8 Å². The smallest absolute Gasteiger partial charge is 0.314 e. The molecule has 0 saturated heterocycles. The first-order chi connectivity index (χ1) is 12.1. The Kier molecular flexibility index (Phi) is 4.96. The molecule has 3 rings (SSSR count). The maximum atomic E-state index is 13.3. The summed E-state index contributed by atoms with van der Waals surface area (Å²) in [6.07, 6.45) is 5.26. The van der Waals surface area contributed by atoms with Gasteiger partial charge in [0.1, 0.15) is 10.8 Å². The molecule has 126 valence electrons. The van der Waals surface area contributed by atoms with Crippen molar-refractivity contribution in [1.29, 1.82) is 0 Å². The lowest BCUT2D eigenvalue weighted by molar-refractivity contribution is 0.220. The standard InChI is InChI=1S/C19H16FN3OS/c1-3-11-23(4-2)19(24)21-15-8-5-13(6-9-15)18-22-16-10-7-14(20)12-17(16)25-18/h1,5-10,12H,4,11H2,2H3,(H,21,24). The molecular weight excluding hydrogens is 337 g/mol. The Morgan fingerprint density at radius 3 is 2.76 bits per heavy atom. The normalized spacial score (nSPS) is 10.4. The number of hydrogen-bond acceptors (Lipinski definition) is 3. The van der Waals surface area contributed by atoms with Crippen molar-refractivity contribution in [1.82, 2.24) is 9.88 Å². The Morgan fingerprint density at radius 1 is 1.32 bits per heavy atom. The van der Waals surface area contributed by atoms with Crippen LogP contribution in [0.3, 0.4) is 0 Å². The van der Waals surface area contributed by atoms with Gasteiger partial charge in [0.15, 0.2) is 0 Å². The van der Waals surface area contributed by atoms with Crippen LogP contribution in [-0.2, 0) is 0 Å². The number of carbonyl (C=O) groups excluding carboxylic acids is 1. The molecule has 0 fully saturated rings. The summed E-state index contributed by atoms with van der Waals surface area (Å²) in [5, 5.41) is 3.62. The Balaban J connectivity index is 1.77. The number of fused-ring (bicyclic) bond motifs is 1. The number of amides is 2. The number of thiazole rings is 1. The van der Waals surface area contributed by atoms with Crippen LogP contribution in [0.2, 0.25) is 0 Å². The van der Waals surface area contributed by atoms with E-state index in [0.29, 0.717) is 12.2 Å². The lowest BCUT2D eigenvalue weighted by atomic mass is 10.2. The van der Waals surface area contributed by atoms with Gasteiger partial charge in [-0.2, -0.15) is 0 Å². The second-order valence-corrected chi connectivity index (χ2v) is 6.39. The molecule has 0 aliphatic heterocycles. The minimum atomic E-state index is -0.270. The number of anilines is 1. The van der Waals surface area contributed by atoms with E-state index in [1.807, 2.05) is 31.2 Å². The first-order valence-electron chi connectivity index (χ1n) is 7.76. The van der Waals surface area contributed by atoms with Crippen LogP contribution in [0.4, 0.5) is 14.9 Å². The highest BCUT2D eigenvalue weighted by Gasteiger charge is 2.11. The zero-order valence-corrected chi connectivity index (χ0v) is 14.4. The van der Waals surface area contributed by atoms with E-state index < -0.39 is 0 Å². The van der Waals surface area contributed by atoms with Crippen LogP contribution in [0.15, 0.2) is 42.5 Å². The molecule has 0 aliphatic carbocycles. The van der Waals surface area contributed by atoms with Crippen molar-refractivity contribution in [2.75, 3.05) is 18.4 Å². The number of halogens is 1. The number of rotatable bonds is 4. The number of nitrogens with one attached hydrogen (secondary N) is 1. The van der Waals surface area contributed by atoms with E-state index in [-0.39, 0.29) is 18.4 Å². The van der Waals surface area contributed by atoms with Crippen molar-refractivity contribution in [3.63, 3.8) is 0 Å². The fourth-order valence-electron chi connectivity index (χ4n) is 2.36. The van der Waals surface area contributed by atoms with Gasteiger partial charge in [-0.25, -0.2) is 14.2 Å². The number of terminal acetylenes is 1. The highest BCUT2D eigenvalue weighted by molar-refractivity contribution is 7.21. The van der Waals surface area contributed by atoms with E-state index in [2.05, 4.69) is 16.2 Å². The van der Waals surface area contributed by atoms with Crippen LogP contribution in [0.25, 0.3) is 20.8 Å². The van der Waals surface area contributed by atoms with E-state index in [1.54, 1.807) is 6.07 Å². The predicted octanol–water partition coefficient (Wildman–Crippen LogP) is 4.59. The van der Waals surface area contributed by atoms with Crippen LogP contribution in [0.5, 0.6) is 0 Å². The fourth-order valence-corrected chi connectivity index (χ4v) is 3.35. The predicted molar refractivity (Wildman–Crippen MR) is 100 cm³/mol. The summed E-state index contributed by atoms with van der Waals surface area (Å²) >= 11 is 1.43. The van der Waals surface area contributed by atoms with Crippen molar-refractivity contribution in [2.24, 2.45) is 0 Å². The molecule has 6 heteroatoms. The number of benzene rings is 2. The first kappa shape index (κ1) is 16.9. The van der Waals surface area contributed by atoms with Gasteiger partial charge in [-0.3, -0.25) is 0 Å². The molecule has 25 heavy (non-hydrogen) atoms. The van der Waals surface area contributed by atoms with Crippen molar-refractivity contribution in [2.45, 2.75) is 6.92 Å². The van der Waals surface area contributed by atoms with Crippen LogP contribution in [-0.4, -0.2) is 29.0 Å². The van der Waals surface area contributed by atoms with E-state index >= 15 is 0 Å². The Morgan fingerprint density at radius 2 is 2.08 bits per heavy atom. The summed E-state index contributed by atoms with van der Waals surface area (Å²) in [6, 6.07) is 11.7. The molecule has 0 spiro atoms. The molecule has 0 saturated carbocycles. The summed E-state index contributed by atoms with van der Waals surface area (Å²) in [5.41, 5.74) is 2.36. The average Bonchev–Trinajstić information content (AvgIpc) is 3.03. The number of nitrogens with zero attached hydrogens (tertiary/aromatic N) is 2. The highest BCUT2D eigenvalue weighted by atomic mass is 32.1. The van der Waals surface area contributed by atoms with Gasteiger partial charge in [0.05, 0.1) is 16.8 Å². The molecule has 2 amide bonds. The van der Waals surface area contributed by atoms with E-state index in [4.69, 9.17) is 6.42 Å². The molecule has 2 aromatic carbocycles. The minimum absolute atomic E-state index is 0.233. The third-order valence-corrected chi connectivity index (χ3v) is 4.75. The Bertz CT molecular complexity index is 943. The van der Waals surface area contributed by atoms with Crippen LogP contribution >= 0.6 is 11.3 Å². The van der Waals surface area contributed by atoms with Gasteiger partial charge in [-0.1, -0.05) is 5.92 Å². The van der Waals surface area contributed by atoms with Crippen molar-refractivity contribution >= 4 is 33.3 Å². The number of aromatic nitrogens is 1. The van der Waals surface area contributed by atoms with Gasteiger partial charge < -0.3 is 10.2 Å². The monoisotopic (exact) mass is 353 g/mol. The number of urea groups is 1. The van der Waals surface area contributed by atoms with Gasteiger partial charge in [-0.15, -0.1) is 17.8 Å². The summed E-state index contributed by atoms with van der Waals surface area (Å²) in [5.74, 6) is 2.19. The summed E-state index contributed by atoms with van der Waals surface area (Å²) in [4.78, 5) is 18.2. The maximum absolute atomic E-state index is 13.3. The van der Waals surface area contributed by atoms with Crippen LogP contribution in [0, 0.1) is 18.2 Å². The van der Waals surface area contributed by atoms with Gasteiger partial charge in [0.25, 0.3) is 0 Å². The van der Waals surface area contributed by atoms with Gasteiger partial charge >= 0.3 is 6.03 Å². The van der Waals surface area contributed by atoms with Gasteiger partial charge in [-0.05, 0) is 49.4 Å². The van der Waals surface area contributed by atoms with Crippen molar-refractivity contribution in [3.05, 3.63) is 48.3 Å². The molecule has 1 N–H and O–H groups in total. The summed E-state index contributed by atoms with van der Waals surface area (Å²) in [7, 11) is 0. The molecule has 0 unspecified atom stereocenters. The third kappa shape index (κ3) is 3.78. The average molecular weight is 353 g/mol. The third-order valence-electron chi connectivity index (χ3n) is 3.68. The second-order valence-electron chi connectivity index (χ2n) is 5.36. The molecule has 0 bridgehead atoms. The Labute approximate surface area is 149 Å². The van der Waals surface area contributed by atoms with Crippen LogP contribution < -0.4 is 5.32 Å². The summed E-state index contributed by atoms with van der Waals surface area (Å²) in [6.45, 7) is 2.68. The highest BCUT2D eigenvalue weighted by Crippen LogP contribution is 2.31. The zero-order chi connectivity index (χ0) is 17.8. The minimum Gasteiger partial charge on any atom is -0.314 e. The topological polar surface area (TPSA) is 45.2 Å². The lowest BCUT2D eigenvalue weighted by Gasteiger charge is -2.18.